The predicted molar refractivity (Wildman–Crippen MR) is 100 cm³/mol. The van der Waals surface area contributed by atoms with Crippen LogP contribution in [0.2, 0.25) is 0 Å². The number of rotatable bonds is 4. The zero-order valence-electron chi connectivity index (χ0n) is 15.2. The summed E-state index contributed by atoms with van der Waals surface area (Å²) in [5, 5.41) is 2.98. The molecule has 6 heteroatoms. The third kappa shape index (κ3) is 3.70. The Bertz CT molecular complexity index is 649. The zero-order valence-corrected chi connectivity index (χ0v) is 15.2. The van der Waals surface area contributed by atoms with Gasteiger partial charge in [-0.2, -0.15) is 0 Å². The van der Waals surface area contributed by atoms with Crippen molar-refractivity contribution in [3.63, 3.8) is 0 Å². The highest BCUT2D eigenvalue weighted by atomic mass is 16.5. The molecule has 0 bridgehead atoms. The third-order valence-electron chi connectivity index (χ3n) is 5.81. The highest BCUT2D eigenvalue weighted by Crippen LogP contribution is 2.30. The van der Waals surface area contributed by atoms with Gasteiger partial charge in [-0.25, -0.2) is 0 Å². The monoisotopic (exact) mass is 357 g/mol. The van der Waals surface area contributed by atoms with Gasteiger partial charge >= 0.3 is 0 Å². The average Bonchev–Trinajstić information content (AvgIpc) is 3.32. The van der Waals surface area contributed by atoms with Crippen molar-refractivity contribution in [3.8, 4) is 0 Å². The Balaban J connectivity index is 1.33. The van der Waals surface area contributed by atoms with Crippen LogP contribution in [-0.2, 0) is 14.3 Å². The van der Waals surface area contributed by atoms with E-state index in [1.165, 1.54) is 12.8 Å². The summed E-state index contributed by atoms with van der Waals surface area (Å²) < 4.78 is 5.38. The summed E-state index contributed by atoms with van der Waals surface area (Å²) in [7, 11) is 0. The minimum atomic E-state index is -0.234. The van der Waals surface area contributed by atoms with Crippen LogP contribution in [0.25, 0.3) is 0 Å². The number of nitrogens with zero attached hydrogens (tertiary/aromatic N) is 2. The molecule has 0 radical (unpaired) electrons. The molecule has 1 N–H and O–H groups in total. The standard InChI is InChI=1S/C20H27N3O3/c24-19-13-15(14-23(19)18-3-1-2-4-18)20(25)21-16-5-7-17(8-6-16)22-9-11-26-12-10-22/h5-8,15,18H,1-4,9-14H2,(H,21,25). The number of ether oxygens (including phenoxy) is 1. The first-order chi connectivity index (χ1) is 12.7. The first-order valence-electron chi connectivity index (χ1n) is 9.74. The quantitative estimate of drug-likeness (QED) is 0.898. The van der Waals surface area contributed by atoms with Gasteiger partial charge in [0.1, 0.15) is 0 Å². The fraction of sp³-hybridized carbons (Fsp3) is 0.600. The largest absolute Gasteiger partial charge is 0.378 e. The summed E-state index contributed by atoms with van der Waals surface area (Å²) >= 11 is 0. The smallest absolute Gasteiger partial charge is 0.229 e. The highest BCUT2D eigenvalue weighted by Gasteiger charge is 2.38. The summed E-state index contributed by atoms with van der Waals surface area (Å²) in [5.41, 5.74) is 1.94. The number of likely N-dealkylation sites (tertiary alicyclic amines) is 1. The number of hydrogen-bond donors (Lipinski definition) is 1. The van der Waals surface area contributed by atoms with Gasteiger partial charge in [-0.3, -0.25) is 9.59 Å². The van der Waals surface area contributed by atoms with E-state index in [-0.39, 0.29) is 17.7 Å². The molecule has 4 rings (SSSR count). The summed E-state index contributed by atoms with van der Waals surface area (Å²) in [5.74, 6) is -0.139. The Hall–Kier alpha value is -2.08. The first-order valence-corrected chi connectivity index (χ1v) is 9.74. The summed E-state index contributed by atoms with van der Waals surface area (Å²) in [6.07, 6.45) is 4.90. The fourth-order valence-electron chi connectivity index (χ4n) is 4.30. The molecule has 1 saturated carbocycles. The summed E-state index contributed by atoms with van der Waals surface area (Å²) in [6.45, 7) is 3.87. The molecule has 140 valence electrons. The third-order valence-corrected chi connectivity index (χ3v) is 5.81. The van der Waals surface area contributed by atoms with E-state index in [1.54, 1.807) is 0 Å². The number of hydrogen-bond acceptors (Lipinski definition) is 4. The van der Waals surface area contributed by atoms with E-state index in [1.807, 2.05) is 29.2 Å². The van der Waals surface area contributed by atoms with Gasteiger partial charge in [0, 0.05) is 43.5 Å². The maximum atomic E-state index is 12.6. The van der Waals surface area contributed by atoms with Crippen molar-refractivity contribution >= 4 is 23.2 Å². The molecule has 26 heavy (non-hydrogen) atoms. The van der Waals surface area contributed by atoms with Gasteiger partial charge in [-0.1, -0.05) is 12.8 Å². The van der Waals surface area contributed by atoms with E-state index in [0.29, 0.717) is 19.0 Å². The Morgan fingerprint density at radius 2 is 1.77 bits per heavy atom. The number of benzene rings is 1. The number of amides is 2. The van der Waals surface area contributed by atoms with Crippen LogP contribution in [-0.4, -0.2) is 55.6 Å². The molecular formula is C20H27N3O3. The number of morpholine rings is 1. The summed E-state index contributed by atoms with van der Waals surface area (Å²) in [6, 6.07) is 8.30. The van der Waals surface area contributed by atoms with Crippen LogP contribution in [0.3, 0.4) is 0 Å². The SMILES string of the molecule is O=C(Nc1ccc(N2CCOCC2)cc1)C1CC(=O)N(C2CCCC2)C1. The lowest BCUT2D eigenvalue weighted by molar-refractivity contribution is -0.129. The maximum Gasteiger partial charge on any atom is 0.229 e. The van der Waals surface area contributed by atoms with E-state index in [4.69, 9.17) is 4.74 Å². The molecule has 0 aromatic heterocycles. The molecule has 6 nitrogen and oxygen atoms in total. The van der Waals surface area contributed by atoms with Crippen molar-refractivity contribution in [2.24, 2.45) is 5.92 Å². The number of anilines is 2. The molecule has 0 spiro atoms. The second-order valence-corrected chi connectivity index (χ2v) is 7.52. The molecule has 1 unspecified atom stereocenters. The molecule has 1 aliphatic carbocycles. The topological polar surface area (TPSA) is 61.9 Å². The van der Waals surface area contributed by atoms with Gasteiger partial charge in [0.25, 0.3) is 0 Å². The van der Waals surface area contributed by atoms with Crippen LogP contribution in [0.5, 0.6) is 0 Å². The molecule has 1 atom stereocenters. The average molecular weight is 357 g/mol. The van der Waals surface area contributed by atoms with Crippen molar-refractivity contribution in [2.75, 3.05) is 43.1 Å². The normalized spacial score (nSPS) is 24.3. The van der Waals surface area contributed by atoms with E-state index in [0.717, 1.165) is 50.5 Å². The Morgan fingerprint density at radius 1 is 1.08 bits per heavy atom. The van der Waals surface area contributed by atoms with Crippen molar-refractivity contribution in [1.82, 2.24) is 4.90 Å². The van der Waals surface area contributed by atoms with Gasteiger partial charge in [0.15, 0.2) is 0 Å². The van der Waals surface area contributed by atoms with Crippen LogP contribution >= 0.6 is 0 Å². The van der Waals surface area contributed by atoms with Crippen LogP contribution in [0, 0.1) is 5.92 Å². The molecule has 1 aromatic rings. The lowest BCUT2D eigenvalue weighted by atomic mass is 10.1. The maximum absolute atomic E-state index is 12.6. The van der Waals surface area contributed by atoms with Crippen molar-refractivity contribution in [2.45, 2.75) is 38.1 Å². The fourth-order valence-corrected chi connectivity index (χ4v) is 4.30. The van der Waals surface area contributed by atoms with E-state index in [2.05, 4.69) is 10.2 Å². The van der Waals surface area contributed by atoms with E-state index >= 15 is 0 Å². The number of nitrogens with one attached hydrogen (secondary N) is 1. The van der Waals surface area contributed by atoms with E-state index < -0.39 is 0 Å². The van der Waals surface area contributed by atoms with Crippen LogP contribution in [0.1, 0.15) is 32.1 Å². The summed E-state index contributed by atoms with van der Waals surface area (Å²) in [4.78, 5) is 29.1. The number of carbonyl (C=O) groups is 2. The van der Waals surface area contributed by atoms with E-state index in [9.17, 15) is 9.59 Å². The van der Waals surface area contributed by atoms with Gasteiger partial charge < -0.3 is 19.9 Å². The van der Waals surface area contributed by atoms with Gasteiger partial charge in [0.2, 0.25) is 11.8 Å². The lowest BCUT2D eigenvalue weighted by Crippen LogP contribution is -2.36. The predicted octanol–water partition coefficient (Wildman–Crippen LogP) is 2.25. The van der Waals surface area contributed by atoms with Gasteiger partial charge in [0.05, 0.1) is 19.1 Å². The minimum Gasteiger partial charge on any atom is -0.378 e. The molecule has 3 aliphatic rings. The Morgan fingerprint density at radius 3 is 2.46 bits per heavy atom. The Kier molecular flexibility index (Phi) is 5.11. The van der Waals surface area contributed by atoms with Crippen molar-refractivity contribution < 1.29 is 14.3 Å². The van der Waals surface area contributed by atoms with Crippen LogP contribution in [0.4, 0.5) is 11.4 Å². The highest BCUT2D eigenvalue weighted by molar-refractivity contribution is 5.97. The molecular weight excluding hydrogens is 330 g/mol. The number of carbonyl (C=O) groups excluding carboxylic acids is 2. The molecule has 3 fully saturated rings. The van der Waals surface area contributed by atoms with Crippen LogP contribution in [0.15, 0.2) is 24.3 Å². The second kappa shape index (κ2) is 7.66. The molecule has 1 aromatic carbocycles. The Labute approximate surface area is 154 Å². The minimum absolute atomic E-state index is 0.0435. The second-order valence-electron chi connectivity index (χ2n) is 7.52. The lowest BCUT2D eigenvalue weighted by Gasteiger charge is -2.29. The van der Waals surface area contributed by atoms with Crippen molar-refractivity contribution in [1.29, 1.82) is 0 Å². The van der Waals surface area contributed by atoms with Gasteiger partial charge in [-0.05, 0) is 37.1 Å². The van der Waals surface area contributed by atoms with Crippen LogP contribution < -0.4 is 10.2 Å². The molecule has 2 heterocycles. The molecule has 2 aliphatic heterocycles. The molecule has 2 saturated heterocycles. The van der Waals surface area contributed by atoms with Gasteiger partial charge in [-0.15, -0.1) is 0 Å². The van der Waals surface area contributed by atoms with Crippen molar-refractivity contribution in [3.05, 3.63) is 24.3 Å². The first kappa shape index (κ1) is 17.3. The molecule has 2 amide bonds. The zero-order chi connectivity index (χ0) is 17.9.